The Morgan fingerprint density at radius 1 is 1.33 bits per heavy atom. The first-order valence-electron chi connectivity index (χ1n) is 8.93. The zero-order valence-corrected chi connectivity index (χ0v) is 14.6. The Hall–Kier alpha value is -2.04. The molecular weight excluding hydrogens is 302 g/mol. The zero-order chi connectivity index (χ0) is 17.4. The summed E-state index contributed by atoms with van der Waals surface area (Å²) >= 11 is 0. The summed E-state index contributed by atoms with van der Waals surface area (Å²) in [5.74, 6) is 1.07. The fourth-order valence-corrected chi connectivity index (χ4v) is 3.24. The number of benzene rings is 1. The summed E-state index contributed by atoms with van der Waals surface area (Å²) in [7, 11) is 1.64. The first-order chi connectivity index (χ1) is 11.6. The highest BCUT2D eigenvalue weighted by Gasteiger charge is 2.16. The fraction of sp³-hybridized carbons (Fsp3) is 0.579. The normalized spacial score (nSPS) is 15.0. The van der Waals surface area contributed by atoms with E-state index in [1.165, 1.54) is 37.0 Å². The topological polar surface area (TPSA) is 76.4 Å². The molecule has 0 unspecified atom stereocenters. The molecule has 132 valence electrons. The van der Waals surface area contributed by atoms with Gasteiger partial charge in [-0.1, -0.05) is 44.2 Å². The van der Waals surface area contributed by atoms with Crippen LogP contribution >= 0.6 is 0 Å². The highest BCUT2D eigenvalue weighted by molar-refractivity contribution is 5.95. The van der Waals surface area contributed by atoms with Crippen molar-refractivity contribution in [2.24, 2.45) is 5.92 Å². The Morgan fingerprint density at radius 3 is 2.79 bits per heavy atom. The minimum atomic E-state index is -0.0893. The van der Waals surface area contributed by atoms with E-state index < -0.39 is 0 Å². The van der Waals surface area contributed by atoms with Gasteiger partial charge in [0.2, 0.25) is 5.91 Å². The van der Waals surface area contributed by atoms with Crippen LogP contribution in [0.1, 0.15) is 50.5 Å². The molecule has 5 heteroatoms. The minimum Gasteiger partial charge on any atom is -0.508 e. The van der Waals surface area contributed by atoms with E-state index in [-0.39, 0.29) is 17.6 Å². The standard InChI is InChI=1S/C19H29N3O2/c1-22(18(24)11-10-16-8-5-9-17(23)14-16)19(20)21-13-12-15-6-3-2-4-7-15/h5,8-9,14-15,23H,2-4,6-7,10-13H2,1H3,(H2,20,21). The highest BCUT2D eigenvalue weighted by Crippen LogP contribution is 2.25. The Balaban J connectivity index is 1.68. The van der Waals surface area contributed by atoms with Crippen LogP contribution in [0, 0.1) is 11.3 Å². The van der Waals surface area contributed by atoms with E-state index in [0.29, 0.717) is 12.8 Å². The number of carbonyl (C=O) groups is 1. The van der Waals surface area contributed by atoms with Crippen LogP contribution in [0.5, 0.6) is 5.75 Å². The first-order valence-corrected chi connectivity index (χ1v) is 8.93. The van der Waals surface area contributed by atoms with Crippen LogP contribution in [-0.2, 0) is 11.2 Å². The van der Waals surface area contributed by atoms with Gasteiger partial charge in [-0.05, 0) is 36.5 Å². The molecule has 2 rings (SSSR count). The second-order valence-electron chi connectivity index (χ2n) is 6.69. The zero-order valence-electron chi connectivity index (χ0n) is 14.6. The smallest absolute Gasteiger partial charge is 0.229 e. The summed E-state index contributed by atoms with van der Waals surface area (Å²) in [6.07, 6.45) is 8.58. The number of nitrogens with one attached hydrogen (secondary N) is 2. The van der Waals surface area contributed by atoms with Crippen LogP contribution < -0.4 is 5.32 Å². The predicted octanol–water partition coefficient (Wildman–Crippen LogP) is 3.28. The number of hydrogen-bond acceptors (Lipinski definition) is 3. The average molecular weight is 331 g/mol. The Morgan fingerprint density at radius 2 is 2.08 bits per heavy atom. The van der Waals surface area contributed by atoms with E-state index in [9.17, 15) is 9.90 Å². The quantitative estimate of drug-likeness (QED) is 0.553. The molecule has 0 aliphatic heterocycles. The van der Waals surface area contributed by atoms with Gasteiger partial charge in [-0.25, -0.2) is 0 Å². The summed E-state index contributed by atoms with van der Waals surface area (Å²) in [5, 5.41) is 20.5. The van der Waals surface area contributed by atoms with Crippen molar-refractivity contribution >= 4 is 11.9 Å². The van der Waals surface area contributed by atoms with Gasteiger partial charge in [-0.2, -0.15) is 0 Å². The summed E-state index contributed by atoms with van der Waals surface area (Å²) in [6.45, 7) is 0.758. The fourth-order valence-electron chi connectivity index (χ4n) is 3.24. The third-order valence-corrected chi connectivity index (χ3v) is 4.82. The maximum absolute atomic E-state index is 12.2. The number of phenolic OH excluding ortho intramolecular Hbond substituents is 1. The summed E-state index contributed by atoms with van der Waals surface area (Å²) in [6, 6.07) is 6.94. The molecule has 24 heavy (non-hydrogen) atoms. The molecule has 0 spiro atoms. The van der Waals surface area contributed by atoms with E-state index in [4.69, 9.17) is 5.41 Å². The molecule has 0 aromatic heterocycles. The second kappa shape index (κ2) is 9.30. The lowest BCUT2D eigenvalue weighted by atomic mass is 9.87. The van der Waals surface area contributed by atoms with Crippen molar-refractivity contribution in [3.8, 4) is 5.75 Å². The maximum Gasteiger partial charge on any atom is 0.229 e. The monoisotopic (exact) mass is 331 g/mol. The van der Waals surface area contributed by atoms with Gasteiger partial charge in [0.15, 0.2) is 5.96 Å². The molecule has 3 N–H and O–H groups in total. The lowest BCUT2D eigenvalue weighted by Crippen LogP contribution is -2.42. The van der Waals surface area contributed by atoms with Crippen molar-refractivity contribution < 1.29 is 9.90 Å². The molecule has 1 aliphatic rings. The molecule has 1 fully saturated rings. The third kappa shape index (κ3) is 5.87. The van der Waals surface area contributed by atoms with Crippen LogP contribution in [0.3, 0.4) is 0 Å². The maximum atomic E-state index is 12.2. The molecule has 1 amide bonds. The number of nitrogens with zero attached hydrogens (tertiary/aromatic N) is 1. The van der Waals surface area contributed by atoms with Crippen LogP contribution in [0.2, 0.25) is 0 Å². The van der Waals surface area contributed by atoms with Crippen molar-refractivity contribution in [2.75, 3.05) is 13.6 Å². The lowest BCUT2D eigenvalue weighted by molar-refractivity contribution is -0.126. The predicted molar refractivity (Wildman–Crippen MR) is 96.1 cm³/mol. The molecule has 1 saturated carbocycles. The van der Waals surface area contributed by atoms with E-state index in [2.05, 4.69) is 5.32 Å². The average Bonchev–Trinajstić information content (AvgIpc) is 2.60. The number of aromatic hydroxyl groups is 1. The van der Waals surface area contributed by atoms with Crippen LogP contribution in [0.15, 0.2) is 24.3 Å². The molecule has 1 aromatic rings. The van der Waals surface area contributed by atoms with Crippen LogP contribution in [0.4, 0.5) is 0 Å². The molecule has 0 heterocycles. The molecule has 5 nitrogen and oxygen atoms in total. The van der Waals surface area contributed by atoms with Gasteiger partial charge in [0, 0.05) is 20.0 Å². The molecule has 0 saturated heterocycles. The van der Waals surface area contributed by atoms with Crippen molar-refractivity contribution in [1.82, 2.24) is 10.2 Å². The van der Waals surface area contributed by atoms with Crippen LogP contribution in [0.25, 0.3) is 0 Å². The van der Waals surface area contributed by atoms with Crippen molar-refractivity contribution in [1.29, 1.82) is 5.41 Å². The van der Waals surface area contributed by atoms with Gasteiger partial charge in [-0.15, -0.1) is 0 Å². The summed E-state index contributed by atoms with van der Waals surface area (Å²) < 4.78 is 0. The minimum absolute atomic E-state index is 0.0893. The van der Waals surface area contributed by atoms with Gasteiger partial charge >= 0.3 is 0 Å². The van der Waals surface area contributed by atoms with Crippen molar-refractivity contribution in [2.45, 2.75) is 51.4 Å². The molecule has 1 aromatic carbocycles. The van der Waals surface area contributed by atoms with Crippen molar-refractivity contribution in [3.05, 3.63) is 29.8 Å². The first kappa shape index (κ1) is 18.3. The molecule has 0 atom stereocenters. The van der Waals surface area contributed by atoms with E-state index in [0.717, 1.165) is 24.4 Å². The van der Waals surface area contributed by atoms with Gasteiger partial charge in [-0.3, -0.25) is 15.1 Å². The van der Waals surface area contributed by atoms with Crippen molar-refractivity contribution in [3.63, 3.8) is 0 Å². The van der Waals surface area contributed by atoms with Gasteiger partial charge in [0.05, 0.1) is 0 Å². The van der Waals surface area contributed by atoms with E-state index >= 15 is 0 Å². The number of aryl methyl sites for hydroxylation is 1. The third-order valence-electron chi connectivity index (χ3n) is 4.82. The summed E-state index contributed by atoms with van der Waals surface area (Å²) in [5.41, 5.74) is 0.925. The number of carbonyl (C=O) groups excluding carboxylic acids is 1. The molecular formula is C19H29N3O2. The summed E-state index contributed by atoms with van der Waals surface area (Å²) in [4.78, 5) is 13.6. The molecule has 0 bridgehead atoms. The second-order valence-corrected chi connectivity index (χ2v) is 6.69. The Labute approximate surface area is 144 Å². The Bertz CT molecular complexity index is 553. The Kier molecular flexibility index (Phi) is 7.09. The molecule has 0 radical (unpaired) electrons. The lowest BCUT2D eigenvalue weighted by Gasteiger charge is -2.23. The van der Waals surface area contributed by atoms with Gasteiger partial charge in [0.25, 0.3) is 0 Å². The largest absolute Gasteiger partial charge is 0.508 e. The number of rotatable bonds is 6. The van der Waals surface area contributed by atoms with E-state index in [1.807, 2.05) is 6.07 Å². The van der Waals surface area contributed by atoms with Crippen LogP contribution in [-0.4, -0.2) is 35.5 Å². The number of guanidine groups is 1. The van der Waals surface area contributed by atoms with E-state index in [1.54, 1.807) is 25.2 Å². The van der Waals surface area contributed by atoms with Gasteiger partial charge in [0.1, 0.15) is 5.75 Å². The molecule has 1 aliphatic carbocycles. The highest BCUT2D eigenvalue weighted by atomic mass is 16.3. The number of amides is 1. The SMILES string of the molecule is CN(C(=N)NCCC1CCCCC1)C(=O)CCc1cccc(O)c1. The van der Waals surface area contributed by atoms with Gasteiger partial charge < -0.3 is 10.4 Å². The number of hydrogen-bond donors (Lipinski definition) is 3. The number of phenols is 1.